The van der Waals surface area contributed by atoms with Crippen LogP contribution in [0.5, 0.6) is 0 Å². The Labute approximate surface area is 125 Å². The molecule has 1 fully saturated rings. The summed E-state index contributed by atoms with van der Waals surface area (Å²) in [6.07, 6.45) is 4.97. The van der Waals surface area contributed by atoms with Crippen LogP contribution in [0.15, 0.2) is 12.1 Å². The van der Waals surface area contributed by atoms with E-state index in [1.54, 1.807) is 0 Å². The molecule has 0 aromatic heterocycles. The third kappa shape index (κ3) is 2.83. The van der Waals surface area contributed by atoms with Gasteiger partial charge in [-0.1, -0.05) is 6.42 Å². The molecular weight excluding hydrogens is 264 g/mol. The molecule has 0 spiro atoms. The molecule has 0 radical (unpaired) electrons. The molecule has 1 amide bonds. The Balaban J connectivity index is 1.85. The molecular formula is C16H24N4O. The molecule has 1 aromatic rings. The molecule has 0 aliphatic carbocycles. The van der Waals surface area contributed by atoms with Gasteiger partial charge in [0.1, 0.15) is 0 Å². The van der Waals surface area contributed by atoms with Crippen LogP contribution in [-0.4, -0.2) is 23.0 Å². The van der Waals surface area contributed by atoms with Crippen molar-refractivity contribution >= 4 is 23.0 Å². The van der Waals surface area contributed by atoms with E-state index in [2.05, 4.69) is 29.6 Å². The standard InChI is InChI=1S/C16H24N4O/c1-10-4-3-5-11(2)20(10)19-15-9-14-12(8-13(15)17)6-7-16(21)18-14/h8-11,19H,3-7,17H2,1-2H3,(H,18,21). The number of fused-ring (bicyclic) bond motifs is 1. The zero-order valence-electron chi connectivity index (χ0n) is 12.8. The fourth-order valence-corrected chi connectivity index (χ4v) is 3.33. The Kier molecular flexibility index (Phi) is 3.76. The molecule has 3 rings (SSSR count). The van der Waals surface area contributed by atoms with Crippen molar-refractivity contribution in [2.24, 2.45) is 0 Å². The van der Waals surface area contributed by atoms with Crippen LogP contribution in [0.2, 0.25) is 0 Å². The molecule has 2 aliphatic heterocycles. The second-order valence-electron chi connectivity index (χ2n) is 6.29. The number of nitrogens with zero attached hydrogens (tertiary/aromatic N) is 1. The normalized spacial score (nSPS) is 26.1. The van der Waals surface area contributed by atoms with Gasteiger partial charge in [-0.2, -0.15) is 0 Å². The van der Waals surface area contributed by atoms with Crippen LogP contribution in [-0.2, 0) is 11.2 Å². The average molecular weight is 288 g/mol. The summed E-state index contributed by atoms with van der Waals surface area (Å²) in [5, 5.41) is 5.22. The number of hydrazine groups is 1. The first-order valence-corrected chi connectivity index (χ1v) is 7.82. The molecule has 4 N–H and O–H groups in total. The first-order chi connectivity index (χ1) is 10.0. The summed E-state index contributed by atoms with van der Waals surface area (Å²) in [5.41, 5.74) is 13.3. The number of amides is 1. The highest BCUT2D eigenvalue weighted by Gasteiger charge is 2.26. The van der Waals surface area contributed by atoms with Crippen LogP contribution in [0.25, 0.3) is 0 Å². The Bertz CT molecular complexity index is 547. The first-order valence-electron chi connectivity index (χ1n) is 7.82. The predicted octanol–water partition coefficient (Wildman–Crippen LogP) is 2.74. The largest absolute Gasteiger partial charge is 0.397 e. The van der Waals surface area contributed by atoms with Crippen LogP contribution >= 0.6 is 0 Å². The lowest BCUT2D eigenvalue weighted by Gasteiger charge is -2.39. The highest BCUT2D eigenvalue weighted by atomic mass is 16.1. The first kappa shape index (κ1) is 14.2. The van der Waals surface area contributed by atoms with E-state index in [0.29, 0.717) is 18.5 Å². The summed E-state index contributed by atoms with van der Waals surface area (Å²) in [7, 11) is 0. The fourth-order valence-electron chi connectivity index (χ4n) is 3.33. The average Bonchev–Trinajstić information content (AvgIpc) is 2.44. The minimum atomic E-state index is 0.0814. The van der Waals surface area contributed by atoms with Crippen molar-refractivity contribution in [2.75, 3.05) is 16.5 Å². The van der Waals surface area contributed by atoms with Crippen LogP contribution in [0.1, 0.15) is 45.1 Å². The molecule has 2 heterocycles. The lowest BCUT2D eigenvalue weighted by Crippen LogP contribution is -2.47. The topological polar surface area (TPSA) is 70.4 Å². The van der Waals surface area contributed by atoms with Gasteiger partial charge in [-0.05, 0) is 50.8 Å². The van der Waals surface area contributed by atoms with Crippen molar-refractivity contribution in [3.8, 4) is 0 Å². The number of nitrogens with two attached hydrogens (primary N) is 1. The van der Waals surface area contributed by atoms with Crippen LogP contribution < -0.4 is 16.5 Å². The van der Waals surface area contributed by atoms with Gasteiger partial charge in [0.2, 0.25) is 5.91 Å². The number of aryl methyl sites for hydroxylation is 1. The van der Waals surface area contributed by atoms with Gasteiger partial charge in [0.25, 0.3) is 0 Å². The van der Waals surface area contributed by atoms with Gasteiger partial charge in [-0.3, -0.25) is 4.79 Å². The van der Waals surface area contributed by atoms with E-state index in [9.17, 15) is 4.79 Å². The number of nitrogens with one attached hydrogen (secondary N) is 2. The monoisotopic (exact) mass is 288 g/mol. The van der Waals surface area contributed by atoms with E-state index in [-0.39, 0.29) is 5.91 Å². The third-order valence-electron chi connectivity index (χ3n) is 4.61. The van der Waals surface area contributed by atoms with Gasteiger partial charge >= 0.3 is 0 Å². The maximum absolute atomic E-state index is 11.5. The zero-order chi connectivity index (χ0) is 15.0. The van der Waals surface area contributed by atoms with Crippen LogP contribution in [0, 0.1) is 0 Å². The van der Waals surface area contributed by atoms with Gasteiger partial charge in [0.05, 0.1) is 11.4 Å². The van der Waals surface area contributed by atoms with Gasteiger partial charge in [0.15, 0.2) is 0 Å². The van der Waals surface area contributed by atoms with Crippen LogP contribution in [0.4, 0.5) is 17.1 Å². The predicted molar refractivity (Wildman–Crippen MR) is 86.0 cm³/mol. The molecule has 2 unspecified atom stereocenters. The summed E-state index contributed by atoms with van der Waals surface area (Å²) in [6, 6.07) is 4.92. The lowest BCUT2D eigenvalue weighted by molar-refractivity contribution is -0.116. The number of benzene rings is 1. The van der Waals surface area contributed by atoms with E-state index < -0.39 is 0 Å². The second kappa shape index (κ2) is 5.56. The molecule has 2 atom stereocenters. The van der Waals surface area contributed by atoms with Gasteiger partial charge in [-0.15, -0.1) is 0 Å². The van der Waals surface area contributed by atoms with E-state index >= 15 is 0 Å². The van der Waals surface area contributed by atoms with Crippen molar-refractivity contribution in [2.45, 2.75) is 58.0 Å². The fraction of sp³-hybridized carbons (Fsp3) is 0.562. The smallest absolute Gasteiger partial charge is 0.224 e. The number of nitrogen functional groups attached to an aromatic ring is 1. The molecule has 114 valence electrons. The van der Waals surface area contributed by atoms with Gasteiger partial charge < -0.3 is 16.5 Å². The molecule has 1 saturated heterocycles. The zero-order valence-corrected chi connectivity index (χ0v) is 12.8. The van der Waals surface area contributed by atoms with Crippen molar-refractivity contribution in [1.29, 1.82) is 0 Å². The van der Waals surface area contributed by atoms with E-state index in [0.717, 1.165) is 29.0 Å². The summed E-state index contributed by atoms with van der Waals surface area (Å²) in [6.45, 7) is 4.47. The van der Waals surface area contributed by atoms with Crippen molar-refractivity contribution in [3.63, 3.8) is 0 Å². The number of hydrogen-bond acceptors (Lipinski definition) is 4. The number of piperidine rings is 1. The Hall–Kier alpha value is -1.75. The number of carbonyl (C=O) groups is 1. The molecule has 2 aliphatic rings. The number of hydrogen-bond donors (Lipinski definition) is 3. The molecule has 5 heteroatoms. The molecule has 1 aromatic carbocycles. The van der Waals surface area contributed by atoms with Crippen molar-refractivity contribution < 1.29 is 4.79 Å². The number of anilines is 3. The van der Waals surface area contributed by atoms with Gasteiger partial charge in [0, 0.05) is 24.2 Å². The number of rotatable bonds is 2. The molecule has 0 bridgehead atoms. The number of carbonyl (C=O) groups excluding carboxylic acids is 1. The van der Waals surface area contributed by atoms with E-state index in [1.165, 1.54) is 19.3 Å². The second-order valence-corrected chi connectivity index (χ2v) is 6.29. The SMILES string of the molecule is CC1CCCC(C)N1Nc1cc2c(cc1N)CCC(=O)N2. The highest BCUT2D eigenvalue weighted by molar-refractivity contribution is 5.95. The summed E-state index contributed by atoms with van der Waals surface area (Å²) < 4.78 is 0. The van der Waals surface area contributed by atoms with E-state index in [4.69, 9.17) is 5.73 Å². The van der Waals surface area contributed by atoms with Crippen molar-refractivity contribution in [3.05, 3.63) is 17.7 Å². The summed E-state index contributed by atoms with van der Waals surface area (Å²) in [5.74, 6) is 0.0814. The minimum Gasteiger partial charge on any atom is -0.397 e. The Morgan fingerprint density at radius 2 is 1.95 bits per heavy atom. The lowest BCUT2D eigenvalue weighted by atomic mass is 9.99. The molecule has 21 heavy (non-hydrogen) atoms. The maximum Gasteiger partial charge on any atom is 0.224 e. The minimum absolute atomic E-state index is 0.0814. The summed E-state index contributed by atoms with van der Waals surface area (Å²) >= 11 is 0. The molecule has 0 saturated carbocycles. The Morgan fingerprint density at radius 3 is 2.67 bits per heavy atom. The highest BCUT2D eigenvalue weighted by Crippen LogP contribution is 2.33. The maximum atomic E-state index is 11.5. The van der Waals surface area contributed by atoms with Gasteiger partial charge in [-0.25, -0.2) is 5.01 Å². The summed E-state index contributed by atoms with van der Waals surface area (Å²) in [4.78, 5) is 11.5. The molecule has 5 nitrogen and oxygen atoms in total. The van der Waals surface area contributed by atoms with E-state index in [1.807, 2.05) is 12.1 Å². The van der Waals surface area contributed by atoms with Crippen LogP contribution in [0.3, 0.4) is 0 Å². The van der Waals surface area contributed by atoms with Crippen molar-refractivity contribution in [1.82, 2.24) is 5.01 Å². The third-order valence-corrected chi connectivity index (χ3v) is 4.61. The Morgan fingerprint density at radius 1 is 1.24 bits per heavy atom. The quantitative estimate of drug-likeness (QED) is 0.732.